The summed E-state index contributed by atoms with van der Waals surface area (Å²) in [5.74, 6) is 2.57. The lowest BCUT2D eigenvalue weighted by Gasteiger charge is -2.21. The van der Waals surface area contributed by atoms with E-state index in [0.29, 0.717) is 11.9 Å². The fourth-order valence-corrected chi connectivity index (χ4v) is 2.43. The smallest absolute Gasteiger partial charge is 0.135 e. The molecule has 0 spiro atoms. The number of hydrogen-bond donors (Lipinski definition) is 2. The zero-order chi connectivity index (χ0) is 14.0. The predicted octanol–water partition coefficient (Wildman–Crippen LogP) is 2.00. The Kier molecular flexibility index (Phi) is 4.24. The third-order valence-corrected chi connectivity index (χ3v) is 3.89. The van der Waals surface area contributed by atoms with E-state index in [2.05, 4.69) is 41.1 Å². The van der Waals surface area contributed by atoms with E-state index in [1.807, 2.05) is 6.92 Å². The monoisotopic (exact) mass is 263 g/mol. The molecule has 106 valence electrons. The van der Waals surface area contributed by atoms with Gasteiger partial charge < -0.3 is 16.0 Å². The van der Waals surface area contributed by atoms with E-state index in [0.717, 1.165) is 23.8 Å². The molecule has 1 aliphatic rings. The number of nitrogens with zero attached hydrogens (tertiary/aromatic N) is 3. The van der Waals surface area contributed by atoms with Crippen molar-refractivity contribution in [3.05, 3.63) is 11.4 Å². The Morgan fingerprint density at radius 3 is 2.74 bits per heavy atom. The molecule has 1 aromatic heterocycles. The zero-order valence-corrected chi connectivity index (χ0v) is 12.4. The summed E-state index contributed by atoms with van der Waals surface area (Å²) in [6, 6.07) is 0.595. The second-order valence-corrected chi connectivity index (χ2v) is 5.75. The van der Waals surface area contributed by atoms with Gasteiger partial charge in [0.05, 0.1) is 0 Å². The predicted molar refractivity (Wildman–Crippen MR) is 79.4 cm³/mol. The lowest BCUT2D eigenvalue weighted by molar-refractivity contribution is 0.322. The van der Waals surface area contributed by atoms with E-state index >= 15 is 0 Å². The Hall–Kier alpha value is -1.36. The number of likely N-dealkylation sites (N-methyl/N-ethyl adjacent to an activating group) is 1. The van der Waals surface area contributed by atoms with E-state index in [-0.39, 0.29) is 5.92 Å². The number of nitrogens with two attached hydrogens (primary N) is 1. The summed E-state index contributed by atoms with van der Waals surface area (Å²) in [4.78, 5) is 11.3. The van der Waals surface area contributed by atoms with Gasteiger partial charge in [0.15, 0.2) is 0 Å². The van der Waals surface area contributed by atoms with Crippen molar-refractivity contribution >= 4 is 11.6 Å². The second kappa shape index (κ2) is 5.74. The minimum atomic E-state index is 0.289. The number of nitrogens with one attached hydrogen (secondary N) is 1. The molecular weight excluding hydrogens is 238 g/mol. The molecule has 5 nitrogen and oxygen atoms in total. The van der Waals surface area contributed by atoms with Crippen LogP contribution in [0.15, 0.2) is 0 Å². The molecule has 0 radical (unpaired) electrons. The molecule has 2 heterocycles. The first-order chi connectivity index (χ1) is 8.99. The van der Waals surface area contributed by atoms with E-state index in [4.69, 9.17) is 5.73 Å². The van der Waals surface area contributed by atoms with Gasteiger partial charge in [0.25, 0.3) is 0 Å². The summed E-state index contributed by atoms with van der Waals surface area (Å²) < 4.78 is 0. The molecule has 0 saturated carbocycles. The van der Waals surface area contributed by atoms with Gasteiger partial charge in [-0.15, -0.1) is 0 Å². The standard InChI is InChI=1S/C14H25N5/c1-9(2)13-17-12(15)10(3)14(18-13)16-8-11-6-5-7-19(11)4/h9,11H,5-8H2,1-4H3,(H3,15,16,17,18). The van der Waals surface area contributed by atoms with Gasteiger partial charge in [-0.3, -0.25) is 0 Å². The SMILES string of the molecule is Cc1c(N)nc(C(C)C)nc1NCC1CCCN1C. The van der Waals surface area contributed by atoms with Crippen LogP contribution in [0.2, 0.25) is 0 Å². The highest BCUT2D eigenvalue weighted by molar-refractivity contribution is 5.55. The van der Waals surface area contributed by atoms with Gasteiger partial charge in [-0.2, -0.15) is 0 Å². The Bertz CT molecular complexity index is 444. The molecule has 5 heteroatoms. The number of nitrogen functional groups attached to an aromatic ring is 1. The van der Waals surface area contributed by atoms with E-state index in [9.17, 15) is 0 Å². The molecule has 1 atom stereocenters. The topological polar surface area (TPSA) is 67.1 Å². The first kappa shape index (κ1) is 14.1. The molecule has 0 aliphatic carbocycles. The van der Waals surface area contributed by atoms with Gasteiger partial charge in [0, 0.05) is 24.1 Å². The van der Waals surface area contributed by atoms with Crippen LogP contribution in [0.3, 0.4) is 0 Å². The number of anilines is 2. The van der Waals surface area contributed by atoms with E-state index in [1.165, 1.54) is 19.4 Å². The van der Waals surface area contributed by atoms with Crippen LogP contribution in [0, 0.1) is 6.92 Å². The number of likely N-dealkylation sites (tertiary alicyclic amines) is 1. The molecule has 0 amide bonds. The molecular formula is C14H25N5. The molecule has 1 aromatic rings. The van der Waals surface area contributed by atoms with E-state index < -0.39 is 0 Å². The lowest BCUT2D eigenvalue weighted by Crippen LogP contribution is -2.32. The van der Waals surface area contributed by atoms with Crippen molar-refractivity contribution in [1.82, 2.24) is 14.9 Å². The Morgan fingerprint density at radius 1 is 1.42 bits per heavy atom. The van der Waals surface area contributed by atoms with Crippen molar-refractivity contribution in [2.24, 2.45) is 0 Å². The molecule has 1 unspecified atom stereocenters. The van der Waals surface area contributed by atoms with Gasteiger partial charge in [-0.1, -0.05) is 13.8 Å². The lowest BCUT2D eigenvalue weighted by atomic mass is 10.2. The maximum absolute atomic E-state index is 5.97. The number of rotatable bonds is 4. The first-order valence-corrected chi connectivity index (χ1v) is 7.07. The van der Waals surface area contributed by atoms with Gasteiger partial charge in [0.1, 0.15) is 17.5 Å². The van der Waals surface area contributed by atoms with Crippen LogP contribution < -0.4 is 11.1 Å². The van der Waals surface area contributed by atoms with Crippen molar-refractivity contribution in [2.75, 3.05) is 31.2 Å². The van der Waals surface area contributed by atoms with Crippen LogP contribution in [0.5, 0.6) is 0 Å². The second-order valence-electron chi connectivity index (χ2n) is 5.75. The van der Waals surface area contributed by atoms with Crippen LogP contribution in [0.1, 0.15) is 44.0 Å². The quantitative estimate of drug-likeness (QED) is 0.869. The Morgan fingerprint density at radius 2 is 2.16 bits per heavy atom. The fraction of sp³-hybridized carbons (Fsp3) is 0.714. The van der Waals surface area contributed by atoms with Gasteiger partial charge in [-0.05, 0) is 33.4 Å². The summed E-state index contributed by atoms with van der Waals surface area (Å²) in [6.45, 7) is 8.25. The van der Waals surface area contributed by atoms with Crippen molar-refractivity contribution in [3.8, 4) is 0 Å². The van der Waals surface area contributed by atoms with Crippen molar-refractivity contribution in [3.63, 3.8) is 0 Å². The third-order valence-electron chi connectivity index (χ3n) is 3.89. The molecule has 3 N–H and O–H groups in total. The number of hydrogen-bond acceptors (Lipinski definition) is 5. The van der Waals surface area contributed by atoms with Crippen molar-refractivity contribution in [2.45, 2.75) is 45.6 Å². The highest BCUT2D eigenvalue weighted by Gasteiger charge is 2.21. The van der Waals surface area contributed by atoms with Crippen molar-refractivity contribution in [1.29, 1.82) is 0 Å². The highest BCUT2D eigenvalue weighted by Crippen LogP contribution is 2.22. The van der Waals surface area contributed by atoms with Gasteiger partial charge >= 0.3 is 0 Å². The third kappa shape index (κ3) is 3.15. The maximum Gasteiger partial charge on any atom is 0.135 e. The largest absolute Gasteiger partial charge is 0.383 e. The van der Waals surface area contributed by atoms with Crippen molar-refractivity contribution < 1.29 is 0 Å². The van der Waals surface area contributed by atoms with Crippen LogP contribution >= 0.6 is 0 Å². The summed E-state index contributed by atoms with van der Waals surface area (Å²) >= 11 is 0. The molecule has 0 aromatic carbocycles. The minimum Gasteiger partial charge on any atom is -0.383 e. The van der Waals surface area contributed by atoms with Crippen LogP contribution in [-0.4, -0.2) is 41.0 Å². The summed E-state index contributed by atoms with van der Waals surface area (Å²) in [5.41, 5.74) is 6.92. The molecule has 1 fully saturated rings. The fourth-order valence-electron chi connectivity index (χ4n) is 2.43. The Labute approximate surface area is 115 Å². The molecule has 0 bridgehead atoms. The minimum absolute atomic E-state index is 0.289. The van der Waals surface area contributed by atoms with Crippen LogP contribution in [0.4, 0.5) is 11.6 Å². The summed E-state index contributed by atoms with van der Waals surface area (Å²) in [7, 11) is 2.18. The van der Waals surface area contributed by atoms with E-state index in [1.54, 1.807) is 0 Å². The van der Waals surface area contributed by atoms with Gasteiger partial charge in [0.2, 0.25) is 0 Å². The maximum atomic E-state index is 5.97. The van der Waals surface area contributed by atoms with Gasteiger partial charge in [-0.25, -0.2) is 9.97 Å². The molecule has 19 heavy (non-hydrogen) atoms. The highest BCUT2D eigenvalue weighted by atomic mass is 15.2. The molecule has 2 rings (SSSR count). The Balaban J connectivity index is 2.10. The number of aromatic nitrogens is 2. The summed E-state index contributed by atoms with van der Waals surface area (Å²) in [5, 5.41) is 3.45. The van der Waals surface area contributed by atoms with Crippen LogP contribution in [0.25, 0.3) is 0 Å². The average Bonchev–Trinajstić information content (AvgIpc) is 2.76. The molecule has 1 aliphatic heterocycles. The van der Waals surface area contributed by atoms with Crippen LogP contribution in [-0.2, 0) is 0 Å². The first-order valence-electron chi connectivity index (χ1n) is 7.07. The summed E-state index contributed by atoms with van der Waals surface area (Å²) in [6.07, 6.45) is 2.53. The normalized spacial score (nSPS) is 20.2. The zero-order valence-electron chi connectivity index (χ0n) is 12.4. The molecule has 1 saturated heterocycles. The average molecular weight is 263 g/mol.